The summed E-state index contributed by atoms with van der Waals surface area (Å²) >= 11 is 1.82. The number of hydrogen-bond donors (Lipinski definition) is 1. The fraction of sp³-hybridized carbons (Fsp3) is 0.208. The van der Waals surface area contributed by atoms with Gasteiger partial charge >= 0.3 is 0 Å². The zero-order valence-corrected chi connectivity index (χ0v) is 16.7. The van der Waals surface area contributed by atoms with E-state index < -0.39 is 0 Å². The second kappa shape index (κ2) is 9.47. The van der Waals surface area contributed by atoms with Crippen molar-refractivity contribution in [3.8, 4) is 22.5 Å². The third kappa shape index (κ3) is 4.76. The van der Waals surface area contributed by atoms with Crippen LogP contribution in [0.1, 0.15) is 19.3 Å². The molecule has 1 N–H and O–H groups in total. The van der Waals surface area contributed by atoms with Crippen molar-refractivity contribution in [3.63, 3.8) is 0 Å². The Bertz CT molecular complexity index is 903. The monoisotopic (exact) mass is 387 g/mol. The molecule has 2 heterocycles. The van der Waals surface area contributed by atoms with Crippen molar-refractivity contribution in [1.29, 1.82) is 0 Å². The zero-order valence-electron chi connectivity index (χ0n) is 15.9. The lowest BCUT2D eigenvalue weighted by molar-refractivity contribution is 0.606. The van der Waals surface area contributed by atoms with Crippen LogP contribution in [0.25, 0.3) is 22.5 Å². The van der Waals surface area contributed by atoms with Gasteiger partial charge in [-0.05, 0) is 25.0 Å². The number of aromatic amines is 1. The van der Waals surface area contributed by atoms with Crippen molar-refractivity contribution in [1.82, 2.24) is 14.5 Å². The van der Waals surface area contributed by atoms with E-state index in [1.165, 1.54) is 24.8 Å². The van der Waals surface area contributed by atoms with Gasteiger partial charge in [-0.3, -0.25) is 0 Å². The van der Waals surface area contributed by atoms with Crippen LogP contribution in [0.15, 0.2) is 90.3 Å². The van der Waals surface area contributed by atoms with E-state index in [-0.39, 0.29) is 0 Å². The lowest BCUT2D eigenvalue weighted by Gasteiger charge is -2.02. The SMILES string of the molecule is c1ccc(-c2nc(SCCCCCn3cccc3)[nH]c2-c2ccccc2)cc1. The van der Waals surface area contributed by atoms with Crippen molar-refractivity contribution >= 4 is 11.8 Å². The van der Waals surface area contributed by atoms with Crippen LogP contribution in [-0.2, 0) is 6.54 Å². The minimum Gasteiger partial charge on any atom is -0.354 e. The highest BCUT2D eigenvalue weighted by Gasteiger charge is 2.14. The van der Waals surface area contributed by atoms with Gasteiger partial charge in [-0.1, -0.05) is 78.8 Å². The van der Waals surface area contributed by atoms with Gasteiger partial charge in [0.25, 0.3) is 0 Å². The lowest BCUT2D eigenvalue weighted by atomic mass is 10.1. The van der Waals surface area contributed by atoms with Crippen LogP contribution in [0.3, 0.4) is 0 Å². The third-order valence-corrected chi connectivity index (χ3v) is 5.72. The molecule has 0 amide bonds. The largest absolute Gasteiger partial charge is 0.354 e. The summed E-state index contributed by atoms with van der Waals surface area (Å²) in [6, 6.07) is 25.1. The van der Waals surface area contributed by atoms with Crippen LogP contribution in [0.2, 0.25) is 0 Å². The molecule has 0 unspecified atom stereocenters. The lowest BCUT2D eigenvalue weighted by Crippen LogP contribution is -1.94. The summed E-state index contributed by atoms with van der Waals surface area (Å²) in [7, 11) is 0. The highest BCUT2D eigenvalue weighted by Crippen LogP contribution is 2.32. The van der Waals surface area contributed by atoms with Gasteiger partial charge in [0.05, 0.1) is 11.4 Å². The molecule has 3 nitrogen and oxygen atoms in total. The standard InChI is InChI=1S/C24H25N3S/c1-4-12-20(13-5-1)22-23(21-14-6-2-7-15-21)26-24(25-22)28-19-11-3-8-16-27-17-9-10-18-27/h1-2,4-7,9-10,12-15,17-18H,3,8,11,16,19H2,(H,25,26). The fourth-order valence-corrected chi connectivity index (χ4v) is 4.17. The van der Waals surface area contributed by atoms with Gasteiger partial charge in [-0.2, -0.15) is 0 Å². The average Bonchev–Trinajstić information content (AvgIpc) is 3.42. The minimum atomic E-state index is 1.00. The second-order valence-corrected chi connectivity index (χ2v) is 7.91. The molecule has 0 saturated carbocycles. The topological polar surface area (TPSA) is 33.6 Å². The first-order valence-corrected chi connectivity index (χ1v) is 10.8. The van der Waals surface area contributed by atoms with Crippen LogP contribution in [0.4, 0.5) is 0 Å². The predicted octanol–water partition coefficient (Wildman–Crippen LogP) is 6.51. The molecular weight excluding hydrogens is 362 g/mol. The van der Waals surface area contributed by atoms with Gasteiger partial charge < -0.3 is 9.55 Å². The molecule has 4 aromatic rings. The molecule has 0 atom stereocenters. The van der Waals surface area contributed by atoms with Crippen molar-refractivity contribution in [2.45, 2.75) is 31.0 Å². The predicted molar refractivity (Wildman–Crippen MR) is 118 cm³/mol. The van der Waals surface area contributed by atoms with Gasteiger partial charge in [0, 0.05) is 35.8 Å². The van der Waals surface area contributed by atoms with Crippen LogP contribution < -0.4 is 0 Å². The van der Waals surface area contributed by atoms with Crippen molar-refractivity contribution in [3.05, 3.63) is 85.2 Å². The van der Waals surface area contributed by atoms with Crippen molar-refractivity contribution < 1.29 is 0 Å². The second-order valence-electron chi connectivity index (χ2n) is 6.83. The number of aromatic nitrogens is 3. The van der Waals surface area contributed by atoms with E-state index in [9.17, 15) is 0 Å². The number of hydrogen-bond acceptors (Lipinski definition) is 2. The molecule has 0 aliphatic carbocycles. The summed E-state index contributed by atoms with van der Waals surface area (Å²) < 4.78 is 2.25. The van der Waals surface area contributed by atoms with Gasteiger partial charge in [-0.15, -0.1) is 0 Å². The number of aryl methyl sites for hydroxylation is 1. The molecular formula is C24H25N3S. The number of rotatable bonds is 9. The molecule has 2 aromatic heterocycles. The first-order chi connectivity index (χ1) is 13.9. The Morgan fingerprint density at radius 3 is 2.14 bits per heavy atom. The third-order valence-electron chi connectivity index (χ3n) is 4.76. The number of thioether (sulfide) groups is 1. The summed E-state index contributed by atoms with van der Waals surface area (Å²) in [6.07, 6.45) is 7.93. The molecule has 0 aliphatic rings. The molecule has 2 aromatic carbocycles. The van der Waals surface area contributed by atoms with E-state index in [0.717, 1.165) is 34.4 Å². The summed E-state index contributed by atoms with van der Waals surface area (Å²) in [5.74, 6) is 1.08. The molecule has 0 fully saturated rings. The van der Waals surface area contributed by atoms with Crippen LogP contribution in [0, 0.1) is 0 Å². The maximum atomic E-state index is 4.92. The molecule has 0 radical (unpaired) electrons. The first-order valence-electron chi connectivity index (χ1n) is 9.84. The van der Waals surface area contributed by atoms with Crippen LogP contribution >= 0.6 is 11.8 Å². The number of nitrogens with zero attached hydrogens (tertiary/aromatic N) is 2. The van der Waals surface area contributed by atoms with Gasteiger partial charge in [0.15, 0.2) is 5.16 Å². The molecule has 4 heteroatoms. The van der Waals surface area contributed by atoms with Crippen LogP contribution in [-0.4, -0.2) is 20.3 Å². The Morgan fingerprint density at radius 2 is 1.43 bits per heavy atom. The van der Waals surface area contributed by atoms with Gasteiger partial charge in [-0.25, -0.2) is 4.98 Å². The smallest absolute Gasteiger partial charge is 0.166 e. The molecule has 0 bridgehead atoms. The summed E-state index contributed by atoms with van der Waals surface area (Å²) in [4.78, 5) is 8.48. The van der Waals surface area contributed by atoms with Crippen molar-refractivity contribution in [2.75, 3.05) is 5.75 Å². The molecule has 142 valence electrons. The molecule has 0 saturated heterocycles. The van der Waals surface area contributed by atoms with E-state index in [1.54, 1.807) is 0 Å². The summed E-state index contributed by atoms with van der Waals surface area (Å²) in [5, 5.41) is 1.00. The Hall–Kier alpha value is -2.72. The quantitative estimate of drug-likeness (QED) is 0.262. The van der Waals surface area contributed by atoms with Crippen molar-refractivity contribution in [2.24, 2.45) is 0 Å². The number of unbranched alkanes of at least 4 members (excludes halogenated alkanes) is 2. The Kier molecular flexibility index (Phi) is 6.30. The fourth-order valence-electron chi connectivity index (χ4n) is 3.30. The van der Waals surface area contributed by atoms with Crippen LogP contribution in [0.5, 0.6) is 0 Å². The molecule has 28 heavy (non-hydrogen) atoms. The maximum Gasteiger partial charge on any atom is 0.166 e. The molecule has 4 rings (SSSR count). The molecule has 0 aliphatic heterocycles. The number of H-pyrrole nitrogens is 1. The van der Waals surface area contributed by atoms with E-state index in [2.05, 4.69) is 82.6 Å². The molecule has 0 spiro atoms. The Labute approximate surface area is 170 Å². The Morgan fingerprint density at radius 1 is 0.750 bits per heavy atom. The van der Waals surface area contributed by atoms with Gasteiger partial charge in [0.2, 0.25) is 0 Å². The summed E-state index contributed by atoms with van der Waals surface area (Å²) in [6.45, 7) is 1.11. The number of imidazole rings is 1. The number of benzene rings is 2. The van der Waals surface area contributed by atoms with Gasteiger partial charge in [0.1, 0.15) is 0 Å². The first kappa shape index (κ1) is 18.6. The summed E-state index contributed by atoms with van der Waals surface area (Å²) in [5.41, 5.74) is 4.45. The zero-order chi connectivity index (χ0) is 19.0. The minimum absolute atomic E-state index is 1.00. The normalized spacial score (nSPS) is 11.0. The number of nitrogens with one attached hydrogen (secondary N) is 1. The van der Waals surface area contributed by atoms with E-state index >= 15 is 0 Å². The highest BCUT2D eigenvalue weighted by molar-refractivity contribution is 7.99. The maximum absolute atomic E-state index is 4.92. The van der Waals surface area contributed by atoms with E-state index in [0.29, 0.717) is 0 Å². The highest BCUT2D eigenvalue weighted by atomic mass is 32.2. The van der Waals surface area contributed by atoms with E-state index in [1.807, 2.05) is 23.9 Å². The van der Waals surface area contributed by atoms with E-state index in [4.69, 9.17) is 4.98 Å². The Balaban J connectivity index is 1.39. The average molecular weight is 388 g/mol.